The number of hydrogen-bond donors (Lipinski definition) is 1. The van der Waals surface area contributed by atoms with Crippen molar-refractivity contribution in [3.05, 3.63) is 47.9 Å². The minimum atomic E-state index is -0.0532. The Bertz CT molecular complexity index is 730. The van der Waals surface area contributed by atoms with Gasteiger partial charge in [-0.25, -0.2) is 9.97 Å². The number of ether oxygens (including phenoxy) is 3. The first-order chi connectivity index (χ1) is 12.3. The number of nitrogens with zero attached hydrogens (tertiary/aromatic N) is 3. The van der Waals surface area contributed by atoms with E-state index in [1.54, 1.807) is 19.2 Å². The molecule has 1 N–H and O–H groups in total. The van der Waals surface area contributed by atoms with Crippen LogP contribution in [-0.2, 0) is 16.1 Å². The highest BCUT2D eigenvalue weighted by Crippen LogP contribution is 2.21. The van der Waals surface area contributed by atoms with Gasteiger partial charge in [0.2, 0.25) is 0 Å². The molecule has 1 saturated heterocycles. The Labute approximate surface area is 146 Å². The predicted octanol–water partition coefficient (Wildman–Crippen LogP) is 2.14. The number of methoxy groups -OCH3 is 1. The van der Waals surface area contributed by atoms with E-state index in [1.807, 2.05) is 18.2 Å². The van der Waals surface area contributed by atoms with Crippen molar-refractivity contribution in [2.75, 3.05) is 25.6 Å². The number of benzene rings is 1. The quantitative estimate of drug-likeness (QED) is 0.861. The molecule has 25 heavy (non-hydrogen) atoms. The maximum atomic E-state index is 8.88. The average molecular weight is 340 g/mol. The van der Waals surface area contributed by atoms with Crippen LogP contribution in [0.5, 0.6) is 5.75 Å². The zero-order valence-electron chi connectivity index (χ0n) is 14.0. The molecule has 0 unspecified atom stereocenters. The predicted molar refractivity (Wildman–Crippen MR) is 91.2 cm³/mol. The van der Waals surface area contributed by atoms with Gasteiger partial charge in [-0.15, -0.1) is 0 Å². The van der Waals surface area contributed by atoms with E-state index in [2.05, 4.69) is 21.4 Å². The van der Waals surface area contributed by atoms with Gasteiger partial charge in [-0.3, -0.25) is 0 Å². The van der Waals surface area contributed by atoms with Crippen molar-refractivity contribution >= 4 is 5.82 Å². The van der Waals surface area contributed by atoms with Gasteiger partial charge in [0.1, 0.15) is 24.0 Å². The smallest absolute Gasteiger partial charge is 0.130 e. The third kappa shape index (κ3) is 4.66. The van der Waals surface area contributed by atoms with Gasteiger partial charge in [0, 0.05) is 19.6 Å². The maximum absolute atomic E-state index is 8.88. The fraction of sp³-hybridized carbons (Fsp3) is 0.389. The third-order valence-corrected chi connectivity index (χ3v) is 3.91. The van der Waals surface area contributed by atoms with Crippen LogP contribution in [0.15, 0.2) is 36.7 Å². The molecule has 0 amide bonds. The van der Waals surface area contributed by atoms with Crippen molar-refractivity contribution in [3.63, 3.8) is 0 Å². The van der Waals surface area contributed by atoms with Gasteiger partial charge in [0.25, 0.3) is 0 Å². The summed E-state index contributed by atoms with van der Waals surface area (Å²) < 4.78 is 16.8. The SMILES string of the molecule is COCc1cc(N[C@@H]2COCC[C@H]2Oc2ccc(C#N)cc2)ncn1. The van der Waals surface area contributed by atoms with E-state index >= 15 is 0 Å². The molecule has 1 fully saturated rings. The molecule has 1 aliphatic heterocycles. The van der Waals surface area contributed by atoms with Gasteiger partial charge in [-0.05, 0) is 24.3 Å². The molecule has 0 bridgehead atoms. The highest BCUT2D eigenvalue weighted by atomic mass is 16.5. The van der Waals surface area contributed by atoms with Crippen LogP contribution >= 0.6 is 0 Å². The van der Waals surface area contributed by atoms with Crippen LogP contribution < -0.4 is 10.1 Å². The van der Waals surface area contributed by atoms with Crippen molar-refractivity contribution < 1.29 is 14.2 Å². The van der Waals surface area contributed by atoms with Crippen LogP contribution in [0.1, 0.15) is 17.7 Å². The van der Waals surface area contributed by atoms with Crippen molar-refractivity contribution in [1.82, 2.24) is 9.97 Å². The largest absolute Gasteiger partial charge is 0.488 e. The molecule has 0 saturated carbocycles. The van der Waals surface area contributed by atoms with E-state index in [4.69, 9.17) is 19.5 Å². The second-order valence-corrected chi connectivity index (χ2v) is 5.73. The molecule has 0 spiro atoms. The van der Waals surface area contributed by atoms with Crippen LogP contribution in [0.25, 0.3) is 0 Å². The van der Waals surface area contributed by atoms with Gasteiger partial charge in [0.15, 0.2) is 0 Å². The summed E-state index contributed by atoms with van der Waals surface area (Å²) in [5.41, 5.74) is 1.42. The third-order valence-electron chi connectivity index (χ3n) is 3.91. The molecule has 130 valence electrons. The maximum Gasteiger partial charge on any atom is 0.130 e. The standard InChI is InChI=1S/C18H20N4O3/c1-23-10-14-8-18(21-12-20-14)22-16-11-24-7-6-17(16)25-15-4-2-13(9-19)3-5-15/h2-5,8,12,16-17H,6-7,10-11H2,1H3,(H,20,21,22)/t16-,17-/m1/s1. The normalized spacial score (nSPS) is 19.8. The summed E-state index contributed by atoms with van der Waals surface area (Å²) in [7, 11) is 1.63. The number of nitriles is 1. The van der Waals surface area contributed by atoms with Crippen LogP contribution in [0.3, 0.4) is 0 Å². The van der Waals surface area contributed by atoms with Gasteiger partial charge < -0.3 is 19.5 Å². The monoisotopic (exact) mass is 340 g/mol. The number of hydrogen-bond acceptors (Lipinski definition) is 7. The summed E-state index contributed by atoms with van der Waals surface area (Å²) in [5.74, 6) is 1.45. The highest BCUT2D eigenvalue weighted by Gasteiger charge is 2.28. The lowest BCUT2D eigenvalue weighted by Crippen LogP contribution is -2.45. The summed E-state index contributed by atoms with van der Waals surface area (Å²) in [5, 5.41) is 12.2. The van der Waals surface area contributed by atoms with Gasteiger partial charge in [-0.1, -0.05) is 0 Å². The molecule has 1 aromatic heterocycles. The first-order valence-corrected chi connectivity index (χ1v) is 8.09. The lowest BCUT2D eigenvalue weighted by molar-refractivity contribution is 0.0146. The van der Waals surface area contributed by atoms with Crippen LogP contribution in [0.4, 0.5) is 5.82 Å². The fourth-order valence-corrected chi connectivity index (χ4v) is 2.67. The Morgan fingerprint density at radius 2 is 2.16 bits per heavy atom. The Hall–Kier alpha value is -2.69. The molecule has 7 nitrogen and oxygen atoms in total. The van der Waals surface area contributed by atoms with Gasteiger partial charge in [0.05, 0.1) is 43.2 Å². The molecule has 0 aliphatic carbocycles. The van der Waals surface area contributed by atoms with E-state index in [0.29, 0.717) is 31.2 Å². The lowest BCUT2D eigenvalue weighted by Gasteiger charge is -2.32. The topological polar surface area (TPSA) is 89.3 Å². The Morgan fingerprint density at radius 1 is 1.32 bits per heavy atom. The minimum Gasteiger partial charge on any atom is -0.488 e. The molecule has 1 aromatic carbocycles. The number of anilines is 1. The zero-order chi connectivity index (χ0) is 17.5. The summed E-state index contributed by atoms with van der Waals surface area (Å²) >= 11 is 0. The number of rotatable bonds is 6. The van der Waals surface area contributed by atoms with Crippen molar-refractivity contribution in [1.29, 1.82) is 5.26 Å². The molecule has 2 aromatic rings. The van der Waals surface area contributed by atoms with Crippen LogP contribution in [0.2, 0.25) is 0 Å². The van der Waals surface area contributed by atoms with E-state index in [0.717, 1.165) is 17.9 Å². The number of nitrogens with one attached hydrogen (secondary N) is 1. The van der Waals surface area contributed by atoms with E-state index in [9.17, 15) is 0 Å². The summed E-state index contributed by atoms with van der Waals surface area (Å²) in [4.78, 5) is 8.42. The first kappa shape index (κ1) is 17.1. The van der Waals surface area contributed by atoms with E-state index < -0.39 is 0 Å². The Balaban J connectivity index is 1.68. The van der Waals surface area contributed by atoms with E-state index in [1.165, 1.54) is 6.33 Å². The van der Waals surface area contributed by atoms with E-state index in [-0.39, 0.29) is 12.1 Å². The molecular weight excluding hydrogens is 320 g/mol. The number of aromatic nitrogens is 2. The fourth-order valence-electron chi connectivity index (χ4n) is 2.67. The molecular formula is C18H20N4O3. The second kappa shape index (κ2) is 8.42. The molecule has 1 aliphatic rings. The summed E-state index contributed by atoms with van der Waals surface area (Å²) in [6.07, 6.45) is 2.23. The van der Waals surface area contributed by atoms with Crippen molar-refractivity contribution in [3.8, 4) is 11.8 Å². The molecule has 3 rings (SSSR count). The minimum absolute atomic E-state index is 0.0327. The van der Waals surface area contributed by atoms with Gasteiger partial charge in [-0.2, -0.15) is 5.26 Å². The van der Waals surface area contributed by atoms with Gasteiger partial charge >= 0.3 is 0 Å². The van der Waals surface area contributed by atoms with Crippen molar-refractivity contribution in [2.45, 2.75) is 25.2 Å². The average Bonchev–Trinajstić information content (AvgIpc) is 2.65. The molecule has 7 heteroatoms. The Morgan fingerprint density at radius 3 is 2.92 bits per heavy atom. The summed E-state index contributed by atoms with van der Waals surface area (Å²) in [6.45, 7) is 1.62. The molecule has 2 heterocycles. The van der Waals surface area contributed by atoms with Crippen molar-refractivity contribution in [2.24, 2.45) is 0 Å². The zero-order valence-corrected chi connectivity index (χ0v) is 14.0. The highest BCUT2D eigenvalue weighted by molar-refractivity contribution is 5.37. The summed E-state index contributed by atoms with van der Waals surface area (Å²) in [6, 6.07) is 11.0. The second-order valence-electron chi connectivity index (χ2n) is 5.73. The molecule has 2 atom stereocenters. The Kier molecular flexibility index (Phi) is 5.77. The first-order valence-electron chi connectivity index (χ1n) is 8.09. The van der Waals surface area contributed by atoms with Crippen LogP contribution in [-0.4, -0.2) is 42.4 Å². The molecule has 0 radical (unpaired) electrons. The van der Waals surface area contributed by atoms with Crippen LogP contribution in [0, 0.1) is 11.3 Å². The lowest BCUT2D eigenvalue weighted by atomic mass is 10.1.